The molecule has 0 heterocycles. The van der Waals surface area contributed by atoms with Crippen LogP contribution in [0.15, 0.2) is 0 Å². The van der Waals surface area contributed by atoms with Gasteiger partial charge in [-0.1, -0.05) is 394 Å². The monoisotopic (exact) mass is 1490 g/mol. The Kier molecular flexibility index (Phi) is 74.4. The van der Waals surface area contributed by atoms with Gasteiger partial charge in [0, 0.05) is 25.7 Å². The van der Waals surface area contributed by atoms with Gasteiger partial charge in [-0.25, -0.2) is 9.13 Å². The lowest BCUT2D eigenvalue weighted by atomic mass is 10.0. The van der Waals surface area contributed by atoms with Crippen LogP contribution in [-0.2, 0) is 65.4 Å². The molecule has 3 N–H and O–H groups in total. The van der Waals surface area contributed by atoms with Gasteiger partial charge in [-0.15, -0.1) is 0 Å². The summed E-state index contributed by atoms with van der Waals surface area (Å²) >= 11 is 0. The van der Waals surface area contributed by atoms with E-state index in [1.165, 1.54) is 270 Å². The molecule has 0 amide bonds. The van der Waals surface area contributed by atoms with E-state index in [2.05, 4.69) is 34.6 Å². The van der Waals surface area contributed by atoms with E-state index in [4.69, 9.17) is 37.0 Å². The second kappa shape index (κ2) is 75.9. The van der Waals surface area contributed by atoms with Crippen molar-refractivity contribution >= 4 is 39.5 Å². The number of aliphatic hydroxyl groups is 1. The molecule has 0 fully saturated rings. The van der Waals surface area contributed by atoms with Crippen LogP contribution in [-0.4, -0.2) is 96.7 Å². The topological polar surface area (TPSA) is 237 Å². The van der Waals surface area contributed by atoms with Crippen LogP contribution in [0.1, 0.15) is 446 Å². The summed E-state index contributed by atoms with van der Waals surface area (Å²) in [6.45, 7) is 7.39. The van der Waals surface area contributed by atoms with Crippen molar-refractivity contribution in [2.75, 3.05) is 39.6 Å². The van der Waals surface area contributed by atoms with Gasteiger partial charge in [-0.3, -0.25) is 37.3 Å². The number of aliphatic hydroxyl groups excluding tert-OH is 1. The largest absolute Gasteiger partial charge is 0.472 e. The zero-order valence-electron chi connectivity index (χ0n) is 66.8. The number of carbonyl (C=O) groups excluding carboxylic acids is 4. The lowest BCUT2D eigenvalue weighted by molar-refractivity contribution is -0.161. The third kappa shape index (κ3) is 76.3. The first kappa shape index (κ1) is 100. The summed E-state index contributed by atoms with van der Waals surface area (Å²) in [5, 5.41) is 10.7. The summed E-state index contributed by atoms with van der Waals surface area (Å²) in [7, 11) is -9.92. The molecule has 17 nitrogen and oxygen atoms in total. The lowest BCUT2D eigenvalue weighted by Gasteiger charge is -2.21. The van der Waals surface area contributed by atoms with E-state index in [0.717, 1.165) is 95.8 Å². The number of phosphoric acid groups is 2. The Bertz CT molecular complexity index is 1940. The van der Waals surface area contributed by atoms with Crippen LogP contribution in [0, 0.1) is 5.92 Å². The number of esters is 4. The van der Waals surface area contributed by atoms with Gasteiger partial charge in [0.05, 0.1) is 26.4 Å². The summed E-state index contributed by atoms with van der Waals surface area (Å²) in [5.41, 5.74) is 0. The maximum absolute atomic E-state index is 13.1. The molecule has 0 rings (SSSR count). The summed E-state index contributed by atoms with van der Waals surface area (Å²) < 4.78 is 68.8. The van der Waals surface area contributed by atoms with Crippen LogP contribution in [0.3, 0.4) is 0 Å². The molecule has 0 saturated heterocycles. The fourth-order valence-corrected chi connectivity index (χ4v) is 14.5. The van der Waals surface area contributed by atoms with Crippen LogP contribution >= 0.6 is 15.6 Å². The number of unbranched alkanes of at least 4 members (excludes halogenated alkanes) is 55. The first-order valence-electron chi connectivity index (χ1n) is 43.1. The summed E-state index contributed by atoms with van der Waals surface area (Å²) in [6, 6.07) is 0. The molecule has 0 radical (unpaired) electrons. The van der Waals surface area contributed by atoms with Crippen molar-refractivity contribution < 1.29 is 80.2 Å². The molecular formula is C83H162O17P2. The van der Waals surface area contributed by atoms with E-state index >= 15 is 0 Å². The molecular weight excluding hydrogens is 1330 g/mol. The molecule has 19 heteroatoms. The minimum atomic E-state index is -4.96. The van der Waals surface area contributed by atoms with Gasteiger partial charge in [-0.2, -0.15) is 0 Å². The van der Waals surface area contributed by atoms with Crippen LogP contribution in [0.25, 0.3) is 0 Å². The van der Waals surface area contributed by atoms with Crippen molar-refractivity contribution in [2.45, 2.75) is 464 Å². The molecule has 0 aliphatic carbocycles. The van der Waals surface area contributed by atoms with Crippen molar-refractivity contribution in [2.24, 2.45) is 5.92 Å². The van der Waals surface area contributed by atoms with Crippen molar-refractivity contribution in [1.82, 2.24) is 0 Å². The highest BCUT2D eigenvalue weighted by Crippen LogP contribution is 2.45. The maximum Gasteiger partial charge on any atom is 0.472 e. The quantitative estimate of drug-likeness (QED) is 0.0222. The SMILES string of the molecule is CCCCCCCCCCCCCCCCCCC(=O)OC[C@H](COP(=O)(O)OC[C@@H](O)COP(=O)(O)OC[C@@H](COC(=O)CCCCCCCCCCCCCCC)OC(=O)CCCCCCCCCCCCCCCCC)OC(=O)CCCCCCCCCCCCCCCCCC(C)C. The molecule has 5 atom stereocenters. The van der Waals surface area contributed by atoms with Crippen LogP contribution in [0.5, 0.6) is 0 Å². The van der Waals surface area contributed by atoms with Gasteiger partial charge < -0.3 is 33.8 Å². The Labute approximate surface area is 626 Å². The van der Waals surface area contributed by atoms with Gasteiger partial charge in [-0.05, 0) is 31.6 Å². The van der Waals surface area contributed by atoms with Crippen molar-refractivity contribution in [1.29, 1.82) is 0 Å². The molecule has 0 aliphatic heterocycles. The second-order valence-electron chi connectivity index (χ2n) is 30.3. The zero-order valence-corrected chi connectivity index (χ0v) is 68.5. The zero-order chi connectivity index (χ0) is 74.8. The molecule has 2 unspecified atom stereocenters. The molecule has 102 heavy (non-hydrogen) atoms. The highest BCUT2D eigenvalue weighted by molar-refractivity contribution is 7.47. The lowest BCUT2D eigenvalue weighted by Crippen LogP contribution is -2.30. The molecule has 0 aromatic carbocycles. The first-order chi connectivity index (χ1) is 49.5. The van der Waals surface area contributed by atoms with Gasteiger partial charge in [0.1, 0.15) is 19.3 Å². The van der Waals surface area contributed by atoms with E-state index in [0.29, 0.717) is 25.7 Å². The van der Waals surface area contributed by atoms with Gasteiger partial charge in [0.15, 0.2) is 12.2 Å². The van der Waals surface area contributed by atoms with E-state index in [1.54, 1.807) is 0 Å². The predicted molar refractivity (Wildman–Crippen MR) is 418 cm³/mol. The predicted octanol–water partition coefficient (Wildman–Crippen LogP) is 25.2. The minimum Gasteiger partial charge on any atom is -0.462 e. The minimum absolute atomic E-state index is 0.109. The Morgan fingerprint density at radius 3 is 0.667 bits per heavy atom. The number of phosphoric ester groups is 2. The number of hydrogen-bond acceptors (Lipinski definition) is 15. The third-order valence-electron chi connectivity index (χ3n) is 19.5. The molecule has 0 aromatic heterocycles. The fourth-order valence-electron chi connectivity index (χ4n) is 12.9. The van der Waals surface area contributed by atoms with Gasteiger partial charge in [0.25, 0.3) is 0 Å². The average Bonchev–Trinajstić information content (AvgIpc) is 0.925. The van der Waals surface area contributed by atoms with Crippen molar-refractivity contribution in [3.05, 3.63) is 0 Å². The number of ether oxygens (including phenoxy) is 4. The van der Waals surface area contributed by atoms with E-state index in [9.17, 15) is 43.2 Å². The average molecular weight is 1490 g/mol. The smallest absolute Gasteiger partial charge is 0.462 e. The Hall–Kier alpha value is -1.94. The van der Waals surface area contributed by atoms with Gasteiger partial charge >= 0.3 is 39.5 Å². The normalized spacial score (nSPS) is 13.8. The second-order valence-corrected chi connectivity index (χ2v) is 33.3. The highest BCUT2D eigenvalue weighted by atomic mass is 31.2. The van der Waals surface area contributed by atoms with E-state index in [-0.39, 0.29) is 25.7 Å². The van der Waals surface area contributed by atoms with Crippen molar-refractivity contribution in [3.8, 4) is 0 Å². The Morgan fingerprint density at radius 2 is 0.451 bits per heavy atom. The fraction of sp³-hybridized carbons (Fsp3) is 0.952. The number of hydrogen-bond donors (Lipinski definition) is 3. The first-order valence-corrected chi connectivity index (χ1v) is 46.1. The standard InChI is InChI=1S/C83H162O17P2/c1-6-9-12-15-18-21-24-27-29-33-37-42-47-52-57-62-67-81(86)94-73-79(100-83(88)69-64-59-54-49-44-39-34-30-32-36-40-45-50-55-60-65-76(4)5)75-98-102(91,92)96-71-77(84)70-95-101(89,90)97-74-78(72-93-80(85)66-61-56-51-46-41-35-26-23-20-17-14-11-8-3)99-82(87)68-63-58-53-48-43-38-31-28-25-22-19-16-13-10-7-2/h76-79,84H,6-75H2,1-5H3,(H,89,90)(H,91,92)/t77-,78+,79+/m0/s1. The molecule has 0 bridgehead atoms. The van der Waals surface area contributed by atoms with E-state index in [1.807, 2.05) is 0 Å². The van der Waals surface area contributed by atoms with Gasteiger partial charge in [0.2, 0.25) is 0 Å². The molecule has 0 spiro atoms. The summed E-state index contributed by atoms with van der Waals surface area (Å²) in [4.78, 5) is 73.2. The number of rotatable bonds is 83. The maximum atomic E-state index is 13.1. The summed E-state index contributed by atoms with van der Waals surface area (Å²) in [5.74, 6) is -1.30. The number of carbonyl (C=O) groups is 4. The van der Waals surface area contributed by atoms with E-state index < -0.39 is 97.5 Å². The highest BCUT2D eigenvalue weighted by Gasteiger charge is 2.30. The summed E-state index contributed by atoms with van der Waals surface area (Å²) in [6.07, 6.45) is 67.8. The third-order valence-corrected chi connectivity index (χ3v) is 21.4. The van der Waals surface area contributed by atoms with Crippen molar-refractivity contribution in [3.63, 3.8) is 0 Å². The molecule has 0 aromatic rings. The Balaban J connectivity index is 5.27. The molecule has 606 valence electrons. The van der Waals surface area contributed by atoms with Crippen LogP contribution in [0.4, 0.5) is 0 Å². The Morgan fingerprint density at radius 1 is 0.265 bits per heavy atom. The molecule has 0 saturated carbocycles. The van der Waals surface area contributed by atoms with Crippen LogP contribution < -0.4 is 0 Å². The van der Waals surface area contributed by atoms with Crippen LogP contribution in [0.2, 0.25) is 0 Å². The molecule has 0 aliphatic rings.